The molecule has 0 aliphatic heterocycles. The van der Waals surface area contributed by atoms with Gasteiger partial charge in [0, 0.05) is 0 Å². The van der Waals surface area contributed by atoms with Gasteiger partial charge >= 0.3 is 12.5 Å². The van der Waals surface area contributed by atoms with E-state index in [1.54, 1.807) is 0 Å². The van der Waals surface area contributed by atoms with Crippen LogP contribution in [0.25, 0.3) is 5.69 Å². The zero-order valence-electron chi connectivity index (χ0n) is 10.5. The lowest BCUT2D eigenvalue weighted by Crippen LogP contribution is -2.19. The number of nitrogens with zero attached hydrogens (tertiary/aromatic N) is 3. The van der Waals surface area contributed by atoms with E-state index in [2.05, 4.69) is 15.0 Å². The van der Waals surface area contributed by atoms with Crippen LogP contribution in [0.4, 0.5) is 26.3 Å². The molecular weight excluding hydrogens is 320 g/mol. The first-order valence-electron chi connectivity index (χ1n) is 5.61. The highest BCUT2D eigenvalue weighted by molar-refractivity contribution is 5.47. The standard InChI is InChI=1S/C11H7F6N3O2/c12-10(13,14)9-7(5-21)20(19-18-9)6-3-1-2-4-8(6)22-11(15,16)17/h1-4,21H,5H2. The van der Waals surface area contributed by atoms with Crippen molar-refractivity contribution >= 4 is 0 Å². The molecule has 120 valence electrons. The van der Waals surface area contributed by atoms with Gasteiger partial charge in [-0.25, -0.2) is 4.68 Å². The minimum atomic E-state index is -5.04. The zero-order chi connectivity index (χ0) is 16.5. The molecule has 0 aliphatic carbocycles. The van der Waals surface area contributed by atoms with Crippen LogP contribution in [0, 0.1) is 0 Å². The van der Waals surface area contributed by atoms with Gasteiger partial charge in [-0.1, -0.05) is 17.3 Å². The molecule has 22 heavy (non-hydrogen) atoms. The van der Waals surface area contributed by atoms with Crippen LogP contribution in [0.5, 0.6) is 5.75 Å². The van der Waals surface area contributed by atoms with Gasteiger partial charge in [-0.05, 0) is 12.1 Å². The number of hydrogen-bond donors (Lipinski definition) is 1. The second-order valence-corrected chi connectivity index (χ2v) is 3.97. The van der Waals surface area contributed by atoms with Gasteiger partial charge in [-0.2, -0.15) is 13.2 Å². The van der Waals surface area contributed by atoms with Crippen LogP contribution in [0.2, 0.25) is 0 Å². The van der Waals surface area contributed by atoms with Crippen LogP contribution in [0.3, 0.4) is 0 Å². The maximum Gasteiger partial charge on any atom is 0.573 e. The molecule has 0 atom stereocenters. The second kappa shape index (κ2) is 5.48. The number of benzene rings is 1. The topological polar surface area (TPSA) is 60.2 Å². The molecule has 1 aromatic carbocycles. The van der Waals surface area contributed by atoms with Crippen molar-refractivity contribution in [2.24, 2.45) is 0 Å². The van der Waals surface area contributed by atoms with Crippen molar-refractivity contribution in [1.82, 2.24) is 15.0 Å². The third kappa shape index (κ3) is 3.30. The molecule has 0 fully saturated rings. The number of hydrogen-bond acceptors (Lipinski definition) is 4. The van der Waals surface area contributed by atoms with Gasteiger partial charge in [0.05, 0.1) is 6.61 Å². The Kier molecular flexibility index (Phi) is 4.00. The lowest BCUT2D eigenvalue weighted by atomic mass is 10.2. The number of alkyl halides is 6. The first-order valence-corrected chi connectivity index (χ1v) is 5.61. The van der Waals surface area contributed by atoms with Crippen LogP contribution in [-0.4, -0.2) is 26.5 Å². The summed E-state index contributed by atoms with van der Waals surface area (Å²) in [6.07, 6.45) is -9.95. The number of aliphatic hydroxyl groups is 1. The molecule has 0 radical (unpaired) electrons. The fraction of sp³-hybridized carbons (Fsp3) is 0.273. The lowest BCUT2D eigenvalue weighted by molar-refractivity contribution is -0.274. The second-order valence-electron chi connectivity index (χ2n) is 3.97. The number of aliphatic hydroxyl groups excluding tert-OH is 1. The van der Waals surface area contributed by atoms with Crippen molar-refractivity contribution < 1.29 is 36.2 Å². The molecule has 0 saturated carbocycles. The summed E-state index contributed by atoms with van der Waals surface area (Å²) in [7, 11) is 0. The van der Waals surface area contributed by atoms with E-state index in [0.717, 1.165) is 12.1 Å². The predicted molar refractivity (Wildman–Crippen MR) is 59.0 cm³/mol. The highest BCUT2D eigenvalue weighted by Gasteiger charge is 2.39. The van der Waals surface area contributed by atoms with Crippen LogP contribution < -0.4 is 4.74 Å². The Morgan fingerprint density at radius 2 is 1.73 bits per heavy atom. The Morgan fingerprint density at radius 3 is 2.27 bits per heavy atom. The van der Waals surface area contributed by atoms with Crippen LogP contribution >= 0.6 is 0 Å². The third-order valence-corrected chi connectivity index (χ3v) is 2.50. The van der Waals surface area contributed by atoms with Gasteiger partial charge in [-0.3, -0.25) is 0 Å². The maximum absolute atomic E-state index is 12.7. The molecule has 0 spiro atoms. The van der Waals surface area contributed by atoms with Gasteiger partial charge in [-0.15, -0.1) is 18.3 Å². The highest BCUT2D eigenvalue weighted by Crippen LogP contribution is 2.34. The van der Waals surface area contributed by atoms with E-state index in [1.165, 1.54) is 12.1 Å². The SMILES string of the molecule is OCc1c(C(F)(F)F)nnn1-c1ccccc1OC(F)(F)F. The molecule has 2 rings (SSSR count). The zero-order valence-corrected chi connectivity index (χ0v) is 10.5. The average Bonchev–Trinajstić information content (AvgIpc) is 2.81. The molecule has 1 aromatic heterocycles. The molecule has 0 bridgehead atoms. The summed E-state index contributed by atoms with van der Waals surface area (Å²) in [5.41, 5.74) is -2.73. The van der Waals surface area contributed by atoms with Crippen molar-refractivity contribution in [2.75, 3.05) is 0 Å². The lowest BCUT2D eigenvalue weighted by Gasteiger charge is -2.14. The molecule has 0 saturated heterocycles. The van der Waals surface area contributed by atoms with Gasteiger partial charge in [0.15, 0.2) is 11.4 Å². The summed E-state index contributed by atoms with van der Waals surface area (Å²) in [4.78, 5) is 0. The fourth-order valence-electron chi connectivity index (χ4n) is 1.70. The third-order valence-electron chi connectivity index (χ3n) is 2.50. The number of ether oxygens (including phenoxy) is 1. The van der Waals surface area contributed by atoms with Crippen molar-refractivity contribution in [2.45, 2.75) is 19.1 Å². The van der Waals surface area contributed by atoms with Gasteiger partial charge in [0.1, 0.15) is 11.4 Å². The Labute approximate surface area is 118 Å². The number of halogens is 6. The highest BCUT2D eigenvalue weighted by atomic mass is 19.4. The van der Waals surface area contributed by atoms with E-state index in [-0.39, 0.29) is 0 Å². The van der Waals surface area contributed by atoms with Crippen molar-refractivity contribution in [3.05, 3.63) is 35.7 Å². The van der Waals surface area contributed by atoms with Crippen LogP contribution in [0.15, 0.2) is 24.3 Å². The van der Waals surface area contributed by atoms with Crippen molar-refractivity contribution in [3.63, 3.8) is 0 Å². The molecule has 11 heteroatoms. The largest absolute Gasteiger partial charge is 0.573 e. The summed E-state index contributed by atoms with van der Waals surface area (Å²) < 4.78 is 79.2. The minimum absolute atomic E-state index is 0.438. The van der Waals surface area contributed by atoms with Crippen LogP contribution in [0.1, 0.15) is 11.4 Å². The molecule has 0 unspecified atom stereocenters. The molecule has 1 N–H and O–H groups in total. The monoisotopic (exact) mass is 327 g/mol. The van der Waals surface area contributed by atoms with Gasteiger partial charge in [0.25, 0.3) is 0 Å². The van der Waals surface area contributed by atoms with Gasteiger partial charge < -0.3 is 9.84 Å². The summed E-state index contributed by atoms with van der Waals surface area (Å²) in [6.45, 7) is -1.12. The Hall–Kier alpha value is -2.30. The number of aromatic nitrogens is 3. The maximum atomic E-state index is 12.7. The fourth-order valence-corrected chi connectivity index (χ4v) is 1.70. The minimum Gasteiger partial charge on any atom is -0.403 e. The smallest absolute Gasteiger partial charge is 0.403 e. The quantitative estimate of drug-likeness (QED) is 0.881. The number of para-hydroxylation sites is 2. The van der Waals surface area contributed by atoms with E-state index in [1.807, 2.05) is 0 Å². The molecular formula is C11H7F6N3O2. The average molecular weight is 327 g/mol. The summed E-state index contributed by atoms with van der Waals surface area (Å²) in [5, 5.41) is 15.1. The summed E-state index contributed by atoms with van der Waals surface area (Å²) in [6, 6.07) is 4.42. The molecule has 0 aliphatic rings. The molecule has 5 nitrogen and oxygen atoms in total. The summed E-state index contributed by atoms with van der Waals surface area (Å²) >= 11 is 0. The normalized spacial score (nSPS) is 12.5. The van der Waals surface area contributed by atoms with E-state index in [9.17, 15) is 26.3 Å². The molecule has 0 amide bonds. The first kappa shape index (κ1) is 16.1. The molecule has 2 aromatic rings. The Morgan fingerprint density at radius 1 is 1.09 bits per heavy atom. The summed E-state index contributed by atoms with van der Waals surface area (Å²) in [5.74, 6) is -0.775. The van der Waals surface area contributed by atoms with Crippen LogP contribution in [-0.2, 0) is 12.8 Å². The predicted octanol–water partition coefficient (Wildman–Crippen LogP) is 2.68. The molecule has 1 heterocycles. The first-order chi connectivity index (χ1) is 10.1. The van der Waals surface area contributed by atoms with E-state index >= 15 is 0 Å². The van der Waals surface area contributed by atoms with Gasteiger partial charge in [0.2, 0.25) is 0 Å². The Bertz CT molecular complexity index is 665. The van der Waals surface area contributed by atoms with Crippen molar-refractivity contribution in [1.29, 1.82) is 0 Å². The Balaban J connectivity index is 2.56. The number of rotatable bonds is 3. The van der Waals surface area contributed by atoms with Crippen molar-refractivity contribution in [3.8, 4) is 11.4 Å². The van der Waals surface area contributed by atoms with E-state index < -0.39 is 42.0 Å². The van der Waals surface area contributed by atoms with E-state index in [4.69, 9.17) is 5.11 Å². The van der Waals surface area contributed by atoms with E-state index in [0.29, 0.717) is 4.68 Å².